The minimum Gasteiger partial charge on any atom is -0.341 e. The molecule has 1 aromatic rings. The maximum Gasteiger partial charge on any atom is 0.222 e. The molecule has 1 aliphatic heterocycles. The van der Waals surface area contributed by atoms with Crippen molar-refractivity contribution in [3.05, 3.63) is 34.4 Å². The molecule has 20 heavy (non-hydrogen) atoms. The third kappa shape index (κ3) is 3.60. The smallest absolute Gasteiger partial charge is 0.222 e. The number of carbonyl (C=O) groups excluding carboxylic acids is 1. The third-order valence-corrected chi connectivity index (χ3v) is 4.26. The average molecular weight is 274 g/mol. The summed E-state index contributed by atoms with van der Waals surface area (Å²) in [6.07, 6.45) is 1.74. The molecule has 1 atom stereocenters. The lowest BCUT2D eigenvalue weighted by molar-refractivity contribution is -0.127. The number of nitrogens with zero attached hydrogens (tertiary/aromatic N) is 1. The number of aryl methyl sites for hydroxylation is 3. The molecule has 1 saturated heterocycles. The summed E-state index contributed by atoms with van der Waals surface area (Å²) in [6.45, 7) is 11.2. The molecule has 1 amide bonds. The molecule has 2 rings (SSSR count). The van der Waals surface area contributed by atoms with Crippen LogP contribution in [0.1, 0.15) is 42.0 Å². The Hall–Kier alpha value is -1.35. The third-order valence-electron chi connectivity index (χ3n) is 4.26. The van der Waals surface area contributed by atoms with E-state index in [0.29, 0.717) is 11.9 Å². The molecule has 3 heteroatoms. The van der Waals surface area contributed by atoms with Crippen LogP contribution in [0.5, 0.6) is 0 Å². The lowest BCUT2D eigenvalue weighted by Crippen LogP contribution is -2.39. The highest BCUT2D eigenvalue weighted by atomic mass is 16.2. The first kappa shape index (κ1) is 15.0. The van der Waals surface area contributed by atoms with Gasteiger partial charge in [0.2, 0.25) is 5.91 Å². The van der Waals surface area contributed by atoms with Gasteiger partial charge in [0.1, 0.15) is 0 Å². The zero-order valence-electron chi connectivity index (χ0n) is 13.1. The number of amides is 1. The first-order valence-corrected chi connectivity index (χ1v) is 7.55. The number of nitrogens with one attached hydrogen (secondary N) is 1. The van der Waals surface area contributed by atoms with Crippen molar-refractivity contribution in [3.63, 3.8) is 0 Å². The van der Waals surface area contributed by atoms with Crippen LogP contribution >= 0.6 is 0 Å². The molecule has 0 saturated carbocycles. The van der Waals surface area contributed by atoms with Gasteiger partial charge in [-0.25, -0.2) is 0 Å². The molecule has 1 aliphatic rings. The Morgan fingerprint density at radius 3 is 2.55 bits per heavy atom. The normalized spacial score (nSPS) is 16.8. The van der Waals surface area contributed by atoms with Gasteiger partial charge in [0.15, 0.2) is 0 Å². The topological polar surface area (TPSA) is 32.3 Å². The molecule has 1 heterocycles. The first-order valence-electron chi connectivity index (χ1n) is 7.55. The van der Waals surface area contributed by atoms with E-state index in [1.165, 1.54) is 22.3 Å². The van der Waals surface area contributed by atoms with Crippen LogP contribution in [0.25, 0.3) is 0 Å². The zero-order chi connectivity index (χ0) is 14.7. The van der Waals surface area contributed by atoms with Crippen LogP contribution in [0.15, 0.2) is 12.1 Å². The predicted octanol–water partition coefficient (Wildman–Crippen LogP) is 2.71. The van der Waals surface area contributed by atoms with Crippen LogP contribution in [0, 0.1) is 20.8 Å². The summed E-state index contributed by atoms with van der Waals surface area (Å²) in [5, 5.41) is 3.54. The standard InChI is InChI=1S/C17H26N2O/c1-12-8-14(3)16(9-13(12)2)10-18-15(4)11-19-7-5-6-17(19)20/h8-9,15,18H,5-7,10-11H2,1-4H3. The van der Waals surface area contributed by atoms with Gasteiger partial charge in [-0.05, 0) is 56.4 Å². The van der Waals surface area contributed by atoms with Crippen molar-refractivity contribution in [1.82, 2.24) is 10.2 Å². The second-order valence-corrected chi connectivity index (χ2v) is 6.09. The second-order valence-electron chi connectivity index (χ2n) is 6.09. The first-order chi connectivity index (χ1) is 9.47. The molecule has 110 valence electrons. The number of benzene rings is 1. The van der Waals surface area contributed by atoms with Crippen molar-refractivity contribution >= 4 is 5.91 Å². The summed E-state index contributed by atoms with van der Waals surface area (Å²) in [5.41, 5.74) is 5.38. The summed E-state index contributed by atoms with van der Waals surface area (Å²) in [6, 6.07) is 4.85. The molecular formula is C17H26N2O. The van der Waals surface area contributed by atoms with E-state index in [1.807, 2.05) is 4.90 Å². The second kappa shape index (κ2) is 6.40. The van der Waals surface area contributed by atoms with Crippen LogP contribution in [0.4, 0.5) is 0 Å². The molecule has 1 fully saturated rings. The van der Waals surface area contributed by atoms with Gasteiger partial charge in [-0.3, -0.25) is 4.79 Å². The van der Waals surface area contributed by atoms with E-state index in [4.69, 9.17) is 0 Å². The van der Waals surface area contributed by atoms with E-state index in [0.717, 1.165) is 32.5 Å². The van der Waals surface area contributed by atoms with Gasteiger partial charge < -0.3 is 10.2 Å². The predicted molar refractivity (Wildman–Crippen MR) is 82.8 cm³/mol. The van der Waals surface area contributed by atoms with Gasteiger partial charge >= 0.3 is 0 Å². The fourth-order valence-electron chi connectivity index (χ4n) is 2.79. The van der Waals surface area contributed by atoms with E-state index in [1.54, 1.807) is 0 Å². The molecule has 0 bridgehead atoms. The average Bonchev–Trinajstić information content (AvgIpc) is 2.78. The maximum absolute atomic E-state index is 11.6. The summed E-state index contributed by atoms with van der Waals surface area (Å²) in [4.78, 5) is 13.6. The van der Waals surface area contributed by atoms with Crippen LogP contribution in [0.2, 0.25) is 0 Å². The van der Waals surface area contributed by atoms with Gasteiger partial charge in [-0.15, -0.1) is 0 Å². The van der Waals surface area contributed by atoms with Gasteiger partial charge in [-0.1, -0.05) is 12.1 Å². The molecule has 3 nitrogen and oxygen atoms in total. The Balaban J connectivity index is 1.88. The lowest BCUT2D eigenvalue weighted by Gasteiger charge is -2.22. The van der Waals surface area contributed by atoms with Crippen molar-refractivity contribution in [2.75, 3.05) is 13.1 Å². The van der Waals surface area contributed by atoms with E-state index in [9.17, 15) is 4.79 Å². The van der Waals surface area contributed by atoms with E-state index >= 15 is 0 Å². The Morgan fingerprint density at radius 1 is 1.20 bits per heavy atom. The summed E-state index contributed by atoms with van der Waals surface area (Å²) >= 11 is 0. The van der Waals surface area contributed by atoms with Crippen molar-refractivity contribution in [2.24, 2.45) is 0 Å². The van der Waals surface area contributed by atoms with Crippen LogP contribution < -0.4 is 5.32 Å². The monoisotopic (exact) mass is 274 g/mol. The van der Waals surface area contributed by atoms with Crippen LogP contribution in [0.3, 0.4) is 0 Å². The molecule has 0 radical (unpaired) electrons. The number of rotatable bonds is 5. The largest absolute Gasteiger partial charge is 0.341 e. The summed E-state index contributed by atoms with van der Waals surface area (Å²) < 4.78 is 0. The molecule has 1 unspecified atom stereocenters. The number of hydrogen-bond donors (Lipinski definition) is 1. The molecule has 1 N–H and O–H groups in total. The highest BCUT2D eigenvalue weighted by Crippen LogP contribution is 2.15. The molecule has 1 aromatic carbocycles. The van der Waals surface area contributed by atoms with Gasteiger partial charge in [0.05, 0.1) is 0 Å². The molecular weight excluding hydrogens is 248 g/mol. The Kier molecular flexibility index (Phi) is 4.81. The van der Waals surface area contributed by atoms with Crippen LogP contribution in [-0.2, 0) is 11.3 Å². The lowest BCUT2D eigenvalue weighted by atomic mass is 10.0. The van der Waals surface area contributed by atoms with Gasteiger partial charge in [0, 0.05) is 32.1 Å². The maximum atomic E-state index is 11.6. The van der Waals surface area contributed by atoms with E-state index < -0.39 is 0 Å². The van der Waals surface area contributed by atoms with E-state index in [-0.39, 0.29) is 0 Å². The van der Waals surface area contributed by atoms with E-state index in [2.05, 4.69) is 45.1 Å². The van der Waals surface area contributed by atoms with Gasteiger partial charge in [0.25, 0.3) is 0 Å². The minimum atomic E-state index is 0.306. The van der Waals surface area contributed by atoms with Crippen LogP contribution in [-0.4, -0.2) is 29.9 Å². The van der Waals surface area contributed by atoms with Crippen molar-refractivity contribution < 1.29 is 4.79 Å². The van der Waals surface area contributed by atoms with Crippen molar-refractivity contribution in [3.8, 4) is 0 Å². The molecule has 0 aliphatic carbocycles. The summed E-state index contributed by atoms with van der Waals surface area (Å²) in [7, 11) is 0. The van der Waals surface area contributed by atoms with Gasteiger partial charge in [-0.2, -0.15) is 0 Å². The highest BCUT2D eigenvalue weighted by molar-refractivity contribution is 5.78. The van der Waals surface area contributed by atoms with Crippen molar-refractivity contribution in [2.45, 2.75) is 53.1 Å². The fourth-order valence-corrected chi connectivity index (χ4v) is 2.79. The fraction of sp³-hybridized carbons (Fsp3) is 0.588. The Labute approximate surface area is 122 Å². The highest BCUT2D eigenvalue weighted by Gasteiger charge is 2.21. The number of carbonyl (C=O) groups is 1. The molecule has 0 spiro atoms. The Bertz CT molecular complexity index is 496. The Morgan fingerprint density at radius 2 is 1.90 bits per heavy atom. The minimum absolute atomic E-state index is 0.306. The molecule has 0 aromatic heterocycles. The zero-order valence-corrected chi connectivity index (χ0v) is 13.1. The summed E-state index contributed by atoms with van der Waals surface area (Å²) in [5.74, 6) is 0.306. The quantitative estimate of drug-likeness (QED) is 0.895. The number of likely N-dealkylation sites (tertiary alicyclic amines) is 1. The van der Waals surface area contributed by atoms with Crippen molar-refractivity contribution in [1.29, 1.82) is 0 Å². The number of hydrogen-bond acceptors (Lipinski definition) is 2. The SMILES string of the molecule is Cc1cc(C)c(CNC(C)CN2CCCC2=O)cc1C.